The summed E-state index contributed by atoms with van der Waals surface area (Å²) in [6.07, 6.45) is 5.34. The van der Waals surface area contributed by atoms with Gasteiger partial charge in [-0.25, -0.2) is 4.79 Å². The average molecular weight is 427 g/mol. The van der Waals surface area contributed by atoms with Crippen LogP contribution in [0.25, 0.3) is 0 Å². The molecule has 2 atom stereocenters. The van der Waals surface area contributed by atoms with Crippen molar-refractivity contribution in [1.82, 2.24) is 20.4 Å². The van der Waals surface area contributed by atoms with Crippen LogP contribution in [-0.4, -0.2) is 58.9 Å². The van der Waals surface area contributed by atoms with Crippen molar-refractivity contribution in [2.75, 3.05) is 19.6 Å². The fourth-order valence-electron chi connectivity index (χ4n) is 5.32. The lowest BCUT2D eigenvalue weighted by Crippen LogP contribution is -2.54. The van der Waals surface area contributed by atoms with Crippen LogP contribution in [0.15, 0.2) is 24.3 Å². The van der Waals surface area contributed by atoms with E-state index in [0.717, 1.165) is 56.6 Å². The zero-order valence-corrected chi connectivity index (χ0v) is 18.7. The Hall–Kier alpha value is -2.41. The molecule has 3 fully saturated rings. The maximum Gasteiger partial charge on any atom is 0.325 e. The Morgan fingerprint density at radius 1 is 1.16 bits per heavy atom. The molecule has 31 heavy (non-hydrogen) atoms. The molecule has 1 aliphatic carbocycles. The van der Waals surface area contributed by atoms with E-state index >= 15 is 0 Å². The third-order valence-electron chi connectivity index (χ3n) is 7.41. The van der Waals surface area contributed by atoms with Crippen molar-refractivity contribution in [3.05, 3.63) is 35.4 Å². The van der Waals surface area contributed by atoms with Crippen molar-refractivity contribution in [3.63, 3.8) is 0 Å². The molecule has 1 saturated carbocycles. The molecule has 168 valence electrons. The first-order valence-corrected chi connectivity index (χ1v) is 11.6. The molecular weight excluding hydrogens is 392 g/mol. The first kappa shape index (κ1) is 21.8. The van der Waals surface area contributed by atoms with E-state index in [2.05, 4.69) is 46.7 Å². The summed E-state index contributed by atoms with van der Waals surface area (Å²) in [4.78, 5) is 41.7. The Balaban J connectivity index is 1.26. The molecule has 2 saturated heterocycles. The van der Waals surface area contributed by atoms with Gasteiger partial charge in [-0.3, -0.25) is 19.4 Å². The number of hydrogen-bond donors (Lipinski definition) is 2. The maximum absolute atomic E-state index is 13.0. The van der Waals surface area contributed by atoms with E-state index in [-0.39, 0.29) is 30.3 Å². The second kappa shape index (κ2) is 8.99. The SMILES string of the molecule is Cc1ccccc1CN1CCC(NC(=O)CN2C(=O)NC3(CCCCC3C)C2=O)CC1. The number of urea groups is 1. The zero-order valence-electron chi connectivity index (χ0n) is 18.7. The van der Waals surface area contributed by atoms with Gasteiger partial charge in [0.2, 0.25) is 5.91 Å². The number of piperidine rings is 1. The summed E-state index contributed by atoms with van der Waals surface area (Å²) in [6, 6.07) is 8.09. The highest BCUT2D eigenvalue weighted by Crippen LogP contribution is 2.38. The van der Waals surface area contributed by atoms with E-state index in [1.54, 1.807) is 0 Å². The van der Waals surface area contributed by atoms with E-state index < -0.39 is 11.6 Å². The molecule has 2 N–H and O–H groups in total. The fourth-order valence-corrected chi connectivity index (χ4v) is 5.32. The first-order chi connectivity index (χ1) is 14.9. The van der Waals surface area contributed by atoms with Gasteiger partial charge in [0.05, 0.1) is 0 Å². The molecule has 3 aliphatic rings. The van der Waals surface area contributed by atoms with Gasteiger partial charge < -0.3 is 10.6 Å². The van der Waals surface area contributed by atoms with Gasteiger partial charge in [-0.05, 0) is 49.7 Å². The van der Waals surface area contributed by atoms with Crippen LogP contribution >= 0.6 is 0 Å². The summed E-state index contributed by atoms with van der Waals surface area (Å²) >= 11 is 0. The summed E-state index contributed by atoms with van der Waals surface area (Å²) in [5.74, 6) is -0.377. The number of carbonyl (C=O) groups is 3. The molecule has 0 radical (unpaired) electrons. The number of rotatable bonds is 5. The van der Waals surface area contributed by atoms with Crippen LogP contribution in [0.4, 0.5) is 4.79 Å². The minimum Gasteiger partial charge on any atom is -0.352 e. The first-order valence-electron chi connectivity index (χ1n) is 11.6. The van der Waals surface area contributed by atoms with Crippen LogP contribution < -0.4 is 10.6 Å². The number of benzene rings is 1. The number of amides is 4. The Morgan fingerprint density at radius 2 is 1.90 bits per heavy atom. The van der Waals surface area contributed by atoms with Crippen LogP contribution in [0, 0.1) is 12.8 Å². The summed E-state index contributed by atoms with van der Waals surface area (Å²) in [6.45, 7) is 6.73. The van der Waals surface area contributed by atoms with Crippen LogP contribution in [0.2, 0.25) is 0 Å². The van der Waals surface area contributed by atoms with E-state index in [0.29, 0.717) is 6.42 Å². The topological polar surface area (TPSA) is 81.8 Å². The monoisotopic (exact) mass is 426 g/mol. The quantitative estimate of drug-likeness (QED) is 0.709. The molecule has 2 heterocycles. The fraction of sp³-hybridized carbons (Fsp3) is 0.625. The summed E-state index contributed by atoms with van der Waals surface area (Å²) in [5, 5.41) is 5.96. The molecule has 4 amide bonds. The Bertz CT molecular complexity index is 849. The number of aryl methyl sites for hydroxylation is 1. The maximum atomic E-state index is 13.0. The van der Waals surface area contributed by atoms with Gasteiger partial charge >= 0.3 is 6.03 Å². The van der Waals surface area contributed by atoms with Gasteiger partial charge in [-0.2, -0.15) is 0 Å². The smallest absolute Gasteiger partial charge is 0.325 e. The Labute approximate surface area is 184 Å². The van der Waals surface area contributed by atoms with Crippen molar-refractivity contribution < 1.29 is 14.4 Å². The standard InChI is InChI=1S/C24H34N4O3/c1-17-7-3-4-9-19(17)15-27-13-10-20(11-14-27)25-21(29)16-28-22(30)24(26-23(28)31)12-6-5-8-18(24)2/h3-4,7,9,18,20H,5-6,8,10-16H2,1-2H3,(H,25,29)(H,26,31). The second-order valence-electron chi connectivity index (χ2n) is 9.48. The number of nitrogens with zero attached hydrogens (tertiary/aromatic N) is 2. The largest absolute Gasteiger partial charge is 0.352 e. The van der Waals surface area contributed by atoms with E-state index in [4.69, 9.17) is 0 Å². The van der Waals surface area contributed by atoms with E-state index in [9.17, 15) is 14.4 Å². The molecule has 1 aromatic rings. The molecule has 4 rings (SSSR count). The molecule has 7 heteroatoms. The van der Waals surface area contributed by atoms with E-state index in [1.165, 1.54) is 11.1 Å². The Kier molecular flexibility index (Phi) is 6.32. The van der Waals surface area contributed by atoms with Gasteiger partial charge in [0.15, 0.2) is 0 Å². The highest BCUT2D eigenvalue weighted by Gasteiger charge is 2.55. The van der Waals surface area contributed by atoms with Crippen molar-refractivity contribution in [2.45, 2.75) is 70.5 Å². The van der Waals surface area contributed by atoms with Gasteiger partial charge in [0, 0.05) is 25.7 Å². The minimum atomic E-state index is -0.809. The van der Waals surface area contributed by atoms with Gasteiger partial charge in [0.25, 0.3) is 5.91 Å². The van der Waals surface area contributed by atoms with E-state index in [1.807, 2.05) is 6.92 Å². The average Bonchev–Trinajstić information content (AvgIpc) is 2.98. The van der Waals surface area contributed by atoms with Crippen molar-refractivity contribution in [3.8, 4) is 0 Å². The molecule has 1 spiro atoms. The lowest BCUT2D eigenvalue weighted by Gasteiger charge is -2.36. The number of nitrogens with one attached hydrogen (secondary N) is 2. The molecule has 2 unspecified atom stereocenters. The normalized spacial score (nSPS) is 27.5. The minimum absolute atomic E-state index is 0.0870. The zero-order chi connectivity index (χ0) is 22.0. The molecule has 0 aromatic heterocycles. The molecular formula is C24H34N4O3. The van der Waals surface area contributed by atoms with Gasteiger partial charge in [-0.1, -0.05) is 44.0 Å². The third-order valence-corrected chi connectivity index (χ3v) is 7.41. The van der Waals surface area contributed by atoms with Crippen LogP contribution in [0.3, 0.4) is 0 Å². The number of likely N-dealkylation sites (tertiary alicyclic amines) is 1. The summed E-state index contributed by atoms with van der Waals surface area (Å²) in [5.41, 5.74) is 1.84. The number of hydrogen-bond acceptors (Lipinski definition) is 4. The van der Waals surface area contributed by atoms with Crippen molar-refractivity contribution in [1.29, 1.82) is 0 Å². The molecule has 2 aliphatic heterocycles. The molecule has 1 aromatic carbocycles. The number of imide groups is 1. The molecule has 0 bridgehead atoms. The highest BCUT2D eigenvalue weighted by atomic mass is 16.2. The highest BCUT2D eigenvalue weighted by molar-refractivity contribution is 6.09. The molecule has 7 nitrogen and oxygen atoms in total. The van der Waals surface area contributed by atoms with Gasteiger partial charge in [-0.15, -0.1) is 0 Å². The predicted octanol–water partition coefficient (Wildman–Crippen LogP) is 2.58. The third kappa shape index (κ3) is 4.47. The Morgan fingerprint density at radius 3 is 2.61 bits per heavy atom. The van der Waals surface area contributed by atoms with Gasteiger partial charge in [0.1, 0.15) is 12.1 Å². The van der Waals surface area contributed by atoms with Crippen LogP contribution in [0.5, 0.6) is 0 Å². The van der Waals surface area contributed by atoms with Crippen molar-refractivity contribution in [2.24, 2.45) is 5.92 Å². The van der Waals surface area contributed by atoms with Crippen molar-refractivity contribution >= 4 is 17.8 Å². The van der Waals surface area contributed by atoms with Crippen LogP contribution in [0.1, 0.15) is 56.6 Å². The summed E-state index contributed by atoms with van der Waals surface area (Å²) < 4.78 is 0. The lowest BCUT2D eigenvalue weighted by molar-refractivity contribution is -0.137. The summed E-state index contributed by atoms with van der Waals surface area (Å²) in [7, 11) is 0. The van der Waals surface area contributed by atoms with Crippen LogP contribution in [-0.2, 0) is 16.1 Å². The number of carbonyl (C=O) groups excluding carboxylic acids is 3. The predicted molar refractivity (Wildman–Crippen MR) is 118 cm³/mol. The lowest BCUT2D eigenvalue weighted by atomic mass is 9.73. The second-order valence-corrected chi connectivity index (χ2v) is 9.48.